The lowest BCUT2D eigenvalue weighted by atomic mass is 9.99. The highest BCUT2D eigenvalue weighted by Crippen LogP contribution is 2.25. The van der Waals surface area contributed by atoms with Crippen LogP contribution in [0.2, 0.25) is 0 Å². The molecule has 0 bridgehead atoms. The molecule has 4 rings (SSSR count). The molecule has 78 heavy (non-hydrogen) atoms. The van der Waals surface area contributed by atoms with Gasteiger partial charge in [-0.1, -0.05) is 110 Å². The second kappa shape index (κ2) is 29.0. The Balaban J connectivity index is 1.84. The van der Waals surface area contributed by atoms with Crippen LogP contribution in [-0.2, 0) is 81.5 Å². The number of hydrogen-bond donors (Lipinski definition) is 1. The lowest BCUT2D eigenvalue weighted by molar-refractivity contribution is -0.176. The standard InChI is InChI=1S/C58H83N7O13/c1-34(2)25-45-55(71)75-39(10)52(68)62(13)48(28-37(7)8)58(74)78-50(30-42-21-23-43(24-22-42)32-65-33-44(31-59-65)60-40(11)66)54(70)64(15)46(26-35(3)4)56(72)76-38(9)51(67)61(12)47(27-36(5)6)57(73)77-49(53(69)63(45)14)29-41-19-17-16-18-20-41/h16-24,31,33-39,45-50H,25-30,32H2,1-15H3,(H,60,66)/t38-,39-,45+,46+,47+,48+,49-,50-/m1/s1. The van der Waals surface area contributed by atoms with Crippen LogP contribution in [0.1, 0.15) is 119 Å². The minimum atomic E-state index is -1.57. The Bertz CT molecular complexity index is 2530. The molecule has 2 heterocycles. The normalized spacial score (nSPS) is 23.4. The van der Waals surface area contributed by atoms with Crippen molar-refractivity contribution < 1.29 is 62.1 Å². The SMILES string of the molecule is CC(=O)Nc1cnn(Cc2ccc(C[C@H]3OC(=O)[C@H](CC(C)C)N(C)C(=O)[C@@H](C)OC(=O)[C@H](CC(C)C)N(C)C(=O)[C@@H](Cc4ccccc4)OC(=O)[C@H](CC(C)C)N(C)C(=O)[C@@H](C)OC(=O)[C@H](CC(C)C)N(C)C3=O)cc2)c1. The monoisotopic (exact) mass is 1090 g/mol. The maximum Gasteiger partial charge on any atom is 0.329 e. The van der Waals surface area contributed by atoms with Crippen LogP contribution in [0.3, 0.4) is 0 Å². The van der Waals surface area contributed by atoms with E-state index in [1.165, 1.54) is 55.2 Å². The number of nitrogens with zero attached hydrogens (tertiary/aromatic N) is 6. The summed E-state index contributed by atoms with van der Waals surface area (Å²) in [6.45, 7) is 19.2. The van der Waals surface area contributed by atoms with Crippen LogP contribution in [0, 0.1) is 23.7 Å². The number of carbonyl (C=O) groups is 9. The summed E-state index contributed by atoms with van der Waals surface area (Å²) >= 11 is 0. The van der Waals surface area contributed by atoms with Crippen LogP contribution >= 0.6 is 0 Å². The van der Waals surface area contributed by atoms with Gasteiger partial charge in [0.1, 0.15) is 24.2 Å². The Hall–Kier alpha value is -7.12. The number of anilines is 1. The van der Waals surface area contributed by atoms with Crippen LogP contribution in [0.25, 0.3) is 0 Å². The van der Waals surface area contributed by atoms with Gasteiger partial charge >= 0.3 is 23.9 Å². The van der Waals surface area contributed by atoms with E-state index in [-0.39, 0.29) is 68.1 Å². The smallest absolute Gasteiger partial charge is 0.329 e. The van der Waals surface area contributed by atoms with E-state index in [1.54, 1.807) is 53.3 Å². The van der Waals surface area contributed by atoms with Gasteiger partial charge in [0.25, 0.3) is 23.6 Å². The first kappa shape index (κ1) is 63.4. The third kappa shape index (κ3) is 18.2. The zero-order valence-corrected chi connectivity index (χ0v) is 48.2. The number of benzene rings is 2. The van der Waals surface area contributed by atoms with Crippen LogP contribution in [0.15, 0.2) is 67.0 Å². The maximum absolute atomic E-state index is 15.0. The Morgan fingerprint density at radius 3 is 1.19 bits per heavy atom. The first-order chi connectivity index (χ1) is 36.6. The van der Waals surface area contributed by atoms with E-state index in [0.29, 0.717) is 23.4 Å². The van der Waals surface area contributed by atoms with Gasteiger partial charge in [0.05, 0.1) is 18.4 Å². The summed E-state index contributed by atoms with van der Waals surface area (Å²) in [5.74, 6) is -7.73. The van der Waals surface area contributed by atoms with Gasteiger partial charge in [0.2, 0.25) is 5.91 Å². The van der Waals surface area contributed by atoms with Crippen molar-refractivity contribution in [2.45, 2.75) is 170 Å². The van der Waals surface area contributed by atoms with Crippen LogP contribution in [0.4, 0.5) is 5.69 Å². The van der Waals surface area contributed by atoms with Gasteiger partial charge in [0, 0.05) is 54.2 Å². The first-order valence-corrected chi connectivity index (χ1v) is 26.9. The number of esters is 4. The second-order valence-corrected chi connectivity index (χ2v) is 22.2. The molecule has 0 radical (unpaired) electrons. The lowest BCUT2D eigenvalue weighted by Crippen LogP contribution is -2.55. The molecule has 0 aliphatic carbocycles. The number of carbonyl (C=O) groups excluding carboxylic acids is 9. The van der Waals surface area contributed by atoms with E-state index in [2.05, 4.69) is 10.4 Å². The highest BCUT2D eigenvalue weighted by Gasteiger charge is 2.43. The summed E-state index contributed by atoms with van der Waals surface area (Å²) in [6.07, 6.45) is -2.77. The predicted molar refractivity (Wildman–Crippen MR) is 291 cm³/mol. The van der Waals surface area contributed by atoms with E-state index in [4.69, 9.17) is 18.9 Å². The van der Waals surface area contributed by atoms with Crippen molar-refractivity contribution in [2.75, 3.05) is 33.5 Å². The van der Waals surface area contributed by atoms with Gasteiger partial charge < -0.3 is 43.9 Å². The molecule has 0 unspecified atom stereocenters. The summed E-state index contributed by atoms with van der Waals surface area (Å²) in [5.41, 5.74) is 2.55. The van der Waals surface area contributed by atoms with Crippen LogP contribution in [0.5, 0.6) is 0 Å². The Morgan fingerprint density at radius 1 is 0.500 bits per heavy atom. The highest BCUT2D eigenvalue weighted by molar-refractivity contribution is 5.94. The van der Waals surface area contributed by atoms with E-state index in [1.807, 2.05) is 67.5 Å². The van der Waals surface area contributed by atoms with Gasteiger partial charge in [-0.15, -0.1) is 0 Å². The quantitative estimate of drug-likeness (QED) is 0.139. The highest BCUT2D eigenvalue weighted by atomic mass is 16.6. The molecular formula is C58H83N7O13. The van der Waals surface area contributed by atoms with Crippen molar-refractivity contribution in [3.63, 3.8) is 0 Å². The number of cyclic esters (lactones) is 4. The first-order valence-electron chi connectivity index (χ1n) is 26.9. The van der Waals surface area contributed by atoms with Gasteiger partial charge in [-0.3, -0.25) is 28.7 Å². The van der Waals surface area contributed by atoms with Crippen LogP contribution < -0.4 is 5.32 Å². The number of rotatable bonds is 15. The van der Waals surface area contributed by atoms with E-state index in [0.717, 1.165) is 25.2 Å². The van der Waals surface area contributed by atoms with Crippen molar-refractivity contribution in [2.24, 2.45) is 23.7 Å². The number of amides is 5. The average Bonchev–Trinajstić information content (AvgIpc) is 3.83. The van der Waals surface area contributed by atoms with Crippen molar-refractivity contribution in [1.82, 2.24) is 29.4 Å². The summed E-state index contributed by atoms with van der Waals surface area (Å²) in [5, 5.41) is 7.00. The van der Waals surface area contributed by atoms with Crippen molar-refractivity contribution in [1.29, 1.82) is 0 Å². The van der Waals surface area contributed by atoms with E-state index < -0.39 is 96.1 Å². The third-order valence-corrected chi connectivity index (χ3v) is 13.5. The third-order valence-electron chi connectivity index (χ3n) is 13.5. The molecule has 5 amide bonds. The number of hydrogen-bond acceptors (Lipinski definition) is 14. The number of ether oxygens (including phenoxy) is 4. The molecule has 1 aromatic heterocycles. The molecule has 8 atom stereocenters. The predicted octanol–water partition coefficient (Wildman–Crippen LogP) is 5.87. The molecular weight excluding hydrogens is 1000 g/mol. The Kier molecular flexibility index (Phi) is 23.6. The van der Waals surface area contributed by atoms with E-state index >= 15 is 0 Å². The summed E-state index contributed by atoms with van der Waals surface area (Å²) in [7, 11) is 5.52. The van der Waals surface area contributed by atoms with Crippen molar-refractivity contribution in [3.8, 4) is 0 Å². The second-order valence-electron chi connectivity index (χ2n) is 22.2. The molecule has 20 heteroatoms. The molecule has 1 saturated heterocycles. The number of nitrogens with one attached hydrogen (secondary N) is 1. The lowest BCUT2D eigenvalue weighted by Gasteiger charge is -2.35. The van der Waals surface area contributed by atoms with Crippen LogP contribution in [-0.4, -0.2) is 160 Å². The molecule has 1 fully saturated rings. The zero-order chi connectivity index (χ0) is 58.3. The van der Waals surface area contributed by atoms with E-state index in [9.17, 15) is 43.2 Å². The Labute approximate surface area is 459 Å². The fourth-order valence-electron chi connectivity index (χ4n) is 9.21. The van der Waals surface area contributed by atoms with Crippen molar-refractivity contribution >= 4 is 59.1 Å². The molecule has 2 aromatic carbocycles. The van der Waals surface area contributed by atoms with Gasteiger partial charge in [0.15, 0.2) is 24.4 Å². The van der Waals surface area contributed by atoms with Gasteiger partial charge in [-0.05, 0) is 79.9 Å². The minimum absolute atomic E-state index is 0.0691. The molecule has 20 nitrogen and oxygen atoms in total. The summed E-state index contributed by atoms with van der Waals surface area (Å²) in [6, 6.07) is 10.8. The number of likely N-dealkylation sites (N-methyl/N-ethyl adjacent to an activating group) is 4. The minimum Gasteiger partial charge on any atom is -0.451 e. The molecule has 0 spiro atoms. The molecule has 1 aliphatic rings. The molecule has 3 aromatic rings. The summed E-state index contributed by atoms with van der Waals surface area (Å²) in [4.78, 5) is 132. The molecule has 0 saturated carbocycles. The molecule has 428 valence electrons. The van der Waals surface area contributed by atoms with Gasteiger partial charge in [-0.25, -0.2) is 19.2 Å². The fraction of sp³-hybridized carbons (Fsp3) is 0.586. The summed E-state index contributed by atoms with van der Waals surface area (Å²) < 4.78 is 25.6. The molecule has 1 aliphatic heterocycles. The average molecular weight is 1090 g/mol. The van der Waals surface area contributed by atoms with Gasteiger partial charge in [-0.2, -0.15) is 5.10 Å². The largest absolute Gasteiger partial charge is 0.451 e. The fourth-order valence-corrected chi connectivity index (χ4v) is 9.21. The molecule has 1 N–H and O–H groups in total. The number of aromatic nitrogens is 2. The Morgan fingerprint density at radius 2 is 0.833 bits per heavy atom. The van der Waals surface area contributed by atoms with Crippen molar-refractivity contribution in [3.05, 3.63) is 83.7 Å². The topological polar surface area (TPSA) is 233 Å². The maximum atomic E-state index is 15.0. The zero-order valence-electron chi connectivity index (χ0n) is 48.2.